The summed E-state index contributed by atoms with van der Waals surface area (Å²) in [5.41, 5.74) is 3.47. The van der Waals surface area contributed by atoms with Crippen molar-refractivity contribution in [3.05, 3.63) is 114 Å². The zero-order valence-electron chi connectivity index (χ0n) is 19.3. The largest absolute Gasteiger partial charge is 0.497 e. The molecule has 0 bridgehead atoms. The van der Waals surface area contributed by atoms with Gasteiger partial charge in [0, 0.05) is 31.5 Å². The first-order valence-electron chi connectivity index (χ1n) is 11.2. The van der Waals surface area contributed by atoms with Crippen LogP contribution in [0.3, 0.4) is 0 Å². The molecule has 1 amide bonds. The SMILES string of the molecule is COc1cccc(CN(Cc2nc(C(=O)NCc3cccnc3)co2)[C@H](C)c2ccccc2)c1. The van der Waals surface area contributed by atoms with E-state index >= 15 is 0 Å². The van der Waals surface area contributed by atoms with Gasteiger partial charge >= 0.3 is 0 Å². The average molecular weight is 457 g/mol. The molecular weight excluding hydrogens is 428 g/mol. The summed E-state index contributed by atoms with van der Waals surface area (Å²) in [6.45, 7) is 3.64. The summed E-state index contributed by atoms with van der Waals surface area (Å²) in [4.78, 5) is 23.3. The van der Waals surface area contributed by atoms with Crippen LogP contribution in [0.5, 0.6) is 5.75 Å². The Morgan fingerprint density at radius 2 is 1.88 bits per heavy atom. The number of pyridine rings is 1. The molecule has 0 radical (unpaired) electrons. The van der Waals surface area contributed by atoms with Crippen molar-refractivity contribution in [2.24, 2.45) is 0 Å². The molecule has 2 aromatic carbocycles. The van der Waals surface area contributed by atoms with Crippen LogP contribution in [0.2, 0.25) is 0 Å². The Morgan fingerprint density at radius 1 is 1.06 bits per heavy atom. The van der Waals surface area contributed by atoms with E-state index in [1.54, 1.807) is 19.5 Å². The lowest BCUT2D eigenvalue weighted by atomic mass is 10.1. The number of rotatable bonds is 10. The molecule has 0 saturated carbocycles. The summed E-state index contributed by atoms with van der Waals surface area (Å²) in [6.07, 6.45) is 4.82. The maximum absolute atomic E-state index is 12.6. The predicted octanol–water partition coefficient (Wildman–Crippen LogP) is 4.77. The van der Waals surface area contributed by atoms with Gasteiger partial charge in [-0.05, 0) is 41.8 Å². The minimum Gasteiger partial charge on any atom is -0.497 e. The third kappa shape index (κ3) is 6.08. The molecule has 2 aromatic heterocycles. The molecule has 4 rings (SSSR count). The number of amides is 1. The average Bonchev–Trinajstić information content (AvgIpc) is 3.36. The first-order valence-corrected chi connectivity index (χ1v) is 11.2. The van der Waals surface area contributed by atoms with E-state index in [1.165, 1.54) is 11.8 Å². The first-order chi connectivity index (χ1) is 16.6. The van der Waals surface area contributed by atoms with Gasteiger partial charge in [0.2, 0.25) is 5.89 Å². The fourth-order valence-corrected chi connectivity index (χ4v) is 3.71. The van der Waals surface area contributed by atoms with E-state index in [-0.39, 0.29) is 17.6 Å². The Hall–Kier alpha value is -3.97. The first kappa shape index (κ1) is 23.2. The topological polar surface area (TPSA) is 80.5 Å². The number of carbonyl (C=O) groups is 1. The quantitative estimate of drug-likeness (QED) is 0.370. The van der Waals surface area contributed by atoms with Gasteiger partial charge in [-0.25, -0.2) is 4.98 Å². The lowest BCUT2D eigenvalue weighted by Crippen LogP contribution is -2.27. The number of methoxy groups -OCH3 is 1. The summed E-state index contributed by atoms with van der Waals surface area (Å²) in [5.74, 6) is 1.01. The van der Waals surface area contributed by atoms with Crippen molar-refractivity contribution in [3.8, 4) is 5.75 Å². The molecule has 174 valence electrons. The van der Waals surface area contributed by atoms with Crippen molar-refractivity contribution in [2.45, 2.75) is 32.6 Å². The van der Waals surface area contributed by atoms with Gasteiger partial charge < -0.3 is 14.5 Å². The number of oxazole rings is 1. The molecule has 0 spiro atoms. The Morgan fingerprint density at radius 3 is 2.65 bits per heavy atom. The summed E-state index contributed by atoms with van der Waals surface area (Å²) in [7, 11) is 1.66. The standard InChI is InChI=1S/C27H28N4O3/c1-20(23-10-4-3-5-11-23)31(17-21-8-6-12-24(14-21)33-2)18-26-30-25(19-34-26)27(32)29-16-22-9-7-13-28-15-22/h3-15,19-20H,16-18H2,1-2H3,(H,29,32)/t20-/m1/s1. The van der Waals surface area contributed by atoms with E-state index in [0.717, 1.165) is 16.9 Å². The van der Waals surface area contributed by atoms with Gasteiger partial charge in [-0.2, -0.15) is 0 Å². The van der Waals surface area contributed by atoms with E-state index in [9.17, 15) is 4.79 Å². The predicted molar refractivity (Wildman–Crippen MR) is 129 cm³/mol. The number of aromatic nitrogens is 2. The van der Waals surface area contributed by atoms with Crippen LogP contribution >= 0.6 is 0 Å². The van der Waals surface area contributed by atoms with Crippen molar-refractivity contribution in [3.63, 3.8) is 0 Å². The number of hydrogen-bond acceptors (Lipinski definition) is 6. The maximum Gasteiger partial charge on any atom is 0.273 e. The third-order valence-corrected chi connectivity index (χ3v) is 5.65. The lowest BCUT2D eigenvalue weighted by Gasteiger charge is -2.28. The monoisotopic (exact) mass is 456 g/mol. The highest BCUT2D eigenvalue weighted by Crippen LogP contribution is 2.25. The zero-order valence-corrected chi connectivity index (χ0v) is 19.3. The molecular formula is C27H28N4O3. The minimum absolute atomic E-state index is 0.0992. The van der Waals surface area contributed by atoms with Crippen LogP contribution < -0.4 is 10.1 Å². The van der Waals surface area contributed by atoms with Crippen molar-refractivity contribution < 1.29 is 13.9 Å². The Balaban J connectivity index is 1.48. The highest BCUT2D eigenvalue weighted by atomic mass is 16.5. The third-order valence-electron chi connectivity index (χ3n) is 5.65. The summed E-state index contributed by atoms with van der Waals surface area (Å²) < 4.78 is 11.1. The number of ether oxygens (including phenoxy) is 1. The summed E-state index contributed by atoms with van der Waals surface area (Å²) >= 11 is 0. The molecule has 1 N–H and O–H groups in total. The van der Waals surface area contributed by atoms with E-state index in [0.29, 0.717) is 25.5 Å². The van der Waals surface area contributed by atoms with Gasteiger partial charge in [0.1, 0.15) is 12.0 Å². The van der Waals surface area contributed by atoms with Crippen LogP contribution in [0.1, 0.15) is 46.0 Å². The second-order valence-corrected chi connectivity index (χ2v) is 8.01. The maximum atomic E-state index is 12.6. The van der Waals surface area contributed by atoms with Crippen LogP contribution in [-0.2, 0) is 19.6 Å². The van der Waals surface area contributed by atoms with E-state index in [2.05, 4.69) is 45.3 Å². The van der Waals surface area contributed by atoms with E-state index in [4.69, 9.17) is 9.15 Å². The second kappa shape index (κ2) is 11.2. The minimum atomic E-state index is -0.283. The van der Waals surface area contributed by atoms with Crippen molar-refractivity contribution in [2.75, 3.05) is 7.11 Å². The highest BCUT2D eigenvalue weighted by molar-refractivity contribution is 5.91. The van der Waals surface area contributed by atoms with Crippen LogP contribution in [0.15, 0.2) is 89.8 Å². The van der Waals surface area contributed by atoms with Crippen molar-refractivity contribution >= 4 is 5.91 Å². The second-order valence-electron chi connectivity index (χ2n) is 8.01. The molecule has 4 aromatic rings. The van der Waals surface area contributed by atoms with Crippen molar-refractivity contribution in [1.82, 2.24) is 20.2 Å². The molecule has 2 heterocycles. The number of benzene rings is 2. The number of carbonyl (C=O) groups excluding carboxylic acids is 1. The molecule has 0 saturated heterocycles. The molecule has 0 unspecified atom stereocenters. The van der Waals surface area contributed by atoms with Crippen LogP contribution in [0.25, 0.3) is 0 Å². The smallest absolute Gasteiger partial charge is 0.273 e. The summed E-state index contributed by atoms with van der Waals surface area (Å²) in [6, 6.07) is 22.1. The Labute approximate surface area is 199 Å². The molecule has 7 heteroatoms. The van der Waals surface area contributed by atoms with Crippen molar-refractivity contribution in [1.29, 1.82) is 0 Å². The number of hydrogen-bond donors (Lipinski definition) is 1. The normalized spacial score (nSPS) is 11.9. The van der Waals surface area contributed by atoms with Crippen LogP contribution in [-0.4, -0.2) is 27.9 Å². The van der Waals surface area contributed by atoms with Gasteiger partial charge in [0.05, 0.1) is 13.7 Å². The highest BCUT2D eigenvalue weighted by Gasteiger charge is 2.20. The fraction of sp³-hybridized carbons (Fsp3) is 0.222. The van der Waals surface area contributed by atoms with Crippen LogP contribution in [0, 0.1) is 0 Å². The molecule has 1 atom stereocenters. The van der Waals surface area contributed by atoms with E-state index < -0.39 is 0 Å². The Bertz CT molecular complexity index is 1190. The molecule has 0 aliphatic heterocycles. The van der Waals surface area contributed by atoms with Gasteiger partial charge in [0.25, 0.3) is 5.91 Å². The summed E-state index contributed by atoms with van der Waals surface area (Å²) in [5, 5.41) is 2.85. The molecule has 0 aliphatic rings. The lowest BCUT2D eigenvalue weighted by molar-refractivity contribution is 0.0945. The van der Waals surface area contributed by atoms with Gasteiger partial charge in [-0.1, -0.05) is 48.5 Å². The van der Waals surface area contributed by atoms with Gasteiger partial charge in [0.15, 0.2) is 5.69 Å². The number of nitrogens with zero attached hydrogens (tertiary/aromatic N) is 3. The van der Waals surface area contributed by atoms with Crippen LogP contribution in [0.4, 0.5) is 0 Å². The molecule has 0 fully saturated rings. The van der Waals surface area contributed by atoms with Gasteiger partial charge in [-0.3, -0.25) is 14.7 Å². The molecule has 34 heavy (non-hydrogen) atoms. The zero-order chi connectivity index (χ0) is 23.8. The molecule has 0 aliphatic carbocycles. The Kier molecular flexibility index (Phi) is 7.67. The van der Waals surface area contributed by atoms with E-state index in [1.807, 2.05) is 48.5 Å². The molecule has 7 nitrogen and oxygen atoms in total. The fourth-order valence-electron chi connectivity index (χ4n) is 3.71. The van der Waals surface area contributed by atoms with Gasteiger partial charge in [-0.15, -0.1) is 0 Å². The number of nitrogens with one attached hydrogen (secondary N) is 1.